The minimum absolute atomic E-state index is 0.0413. The average Bonchev–Trinajstić information content (AvgIpc) is 3.25. The first-order valence-electron chi connectivity index (χ1n) is 9.11. The summed E-state index contributed by atoms with van der Waals surface area (Å²) in [5, 5.41) is 12.3. The van der Waals surface area contributed by atoms with Crippen molar-refractivity contribution in [2.75, 3.05) is 5.32 Å². The van der Waals surface area contributed by atoms with Crippen molar-refractivity contribution < 1.29 is 40.7 Å². The number of fused-ring (bicyclic) bond motifs is 2. The standard InChI is InChI=1S/C22H13F6NO3/c1-10-5-6-13(8-14(10)22(26,27)28)29-20(31)18-16-9-15(30)19(32-16)17(18)11-3-2-4-12(7-11)21(23,24)25/h2-9,30H,1H3,(H,29,31). The quantitative estimate of drug-likeness (QED) is 0.334. The monoisotopic (exact) mass is 453 g/mol. The Labute approximate surface area is 176 Å². The van der Waals surface area contributed by atoms with E-state index in [1.807, 2.05) is 0 Å². The Hall–Kier alpha value is -3.69. The maximum atomic E-state index is 13.2. The third-order valence-corrected chi connectivity index (χ3v) is 4.94. The summed E-state index contributed by atoms with van der Waals surface area (Å²) < 4.78 is 84.3. The lowest BCUT2D eigenvalue weighted by atomic mass is 9.97. The van der Waals surface area contributed by atoms with E-state index in [1.54, 1.807) is 0 Å². The molecule has 1 amide bonds. The number of amides is 1. The van der Waals surface area contributed by atoms with Gasteiger partial charge in [0.1, 0.15) is 5.58 Å². The maximum absolute atomic E-state index is 13.2. The first-order chi connectivity index (χ1) is 14.9. The molecule has 4 nitrogen and oxygen atoms in total. The number of hydrogen-bond acceptors (Lipinski definition) is 3. The molecular formula is C22H13F6NO3. The third kappa shape index (κ3) is 3.72. The average molecular weight is 453 g/mol. The lowest BCUT2D eigenvalue weighted by Gasteiger charge is -2.13. The van der Waals surface area contributed by atoms with E-state index in [0.29, 0.717) is 0 Å². The van der Waals surface area contributed by atoms with E-state index in [2.05, 4.69) is 5.32 Å². The van der Waals surface area contributed by atoms with Crippen LogP contribution in [-0.4, -0.2) is 11.0 Å². The molecular weight excluding hydrogens is 440 g/mol. The van der Waals surface area contributed by atoms with Gasteiger partial charge in [-0.15, -0.1) is 0 Å². The highest BCUT2D eigenvalue weighted by Crippen LogP contribution is 2.44. The molecule has 0 unspecified atom stereocenters. The smallest absolute Gasteiger partial charge is 0.416 e. The summed E-state index contributed by atoms with van der Waals surface area (Å²) in [4.78, 5) is 12.9. The number of furan rings is 2. The molecule has 0 saturated heterocycles. The van der Waals surface area contributed by atoms with Gasteiger partial charge in [-0.2, -0.15) is 26.3 Å². The second-order valence-electron chi connectivity index (χ2n) is 7.14. The summed E-state index contributed by atoms with van der Waals surface area (Å²) in [5.41, 5.74) is -2.79. The second kappa shape index (κ2) is 7.18. The molecule has 0 saturated carbocycles. The van der Waals surface area contributed by atoms with Crippen LogP contribution in [0.1, 0.15) is 27.0 Å². The van der Waals surface area contributed by atoms with E-state index in [-0.39, 0.29) is 44.9 Å². The van der Waals surface area contributed by atoms with Gasteiger partial charge in [0, 0.05) is 17.3 Å². The first-order valence-corrected chi connectivity index (χ1v) is 9.11. The zero-order valence-electron chi connectivity index (χ0n) is 16.2. The molecule has 0 spiro atoms. The van der Waals surface area contributed by atoms with Crippen LogP contribution in [0.4, 0.5) is 32.0 Å². The van der Waals surface area contributed by atoms with E-state index in [0.717, 1.165) is 30.3 Å². The molecule has 0 aliphatic heterocycles. The van der Waals surface area contributed by atoms with Gasteiger partial charge in [0.2, 0.25) is 0 Å². The molecule has 0 fully saturated rings. The fourth-order valence-corrected chi connectivity index (χ4v) is 3.47. The van der Waals surface area contributed by atoms with Crippen LogP contribution in [-0.2, 0) is 12.4 Å². The molecule has 2 aromatic heterocycles. The summed E-state index contributed by atoms with van der Waals surface area (Å²) in [6.45, 7) is 1.27. The fourth-order valence-electron chi connectivity index (χ4n) is 3.47. The Balaban J connectivity index is 1.78. The SMILES string of the molecule is Cc1ccc(NC(=O)c2c(-c3cccc(C(F)(F)F)c3)c3oc2cc3O)cc1C(F)(F)F. The van der Waals surface area contributed by atoms with Crippen molar-refractivity contribution in [1.29, 1.82) is 0 Å². The van der Waals surface area contributed by atoms with Crippen LogP contribution in [0, 0.1) is 6.92 Å². The topological polar surface area (TPSA) is 62.5 Å². The number of benzene rings is 3. The van der Waals surface area contributed by atoms with E-state index >= 15 is 0 Å². The van der Waals surface area contributed by atoms with Crippen LogP contribution in [0.3, 0.4) is 0 Å². The number of rotatable bonds is 3. The maximum Gasteiger partial charge on any atom is 0.416 e. The van der Waals surface area contributed by atoms with E-state index in [1.165, 1.54) is 25.1 Å². The number of halogens is 6. The number of nitrogens with one attached hydrogen (secondary N) is 1. The molecule has 0 radical (unpaired) electrons. The molecule has 0 atom stereocenters. The Bertz CT molecular complexity index is 1320. The van der Waals surface area contributed by atoms with Gasteiger partial charge in [-0.3, -0.25) is 4.79 Å². The molecule has 0 aliphatic carbocycles. The number of alkyl halides is 6. The van der Waals surface area contributed by atoms with Crippen molar-refractivity contribution in [1.82, 2.24) is 0 Å². The summed E-state index contributed by atoms with van der Waals surface area (Å²) in [7, 11) is 0. The second-order valence-corrected chi connectivity index (χ2v) is 7.14. The largest absolute Gasteiger partial charge is 0.504 e. The zero-order valence-corrected chi connectivity index (χ0v) is 16.2. The molecule has 0 aliphatic rings. The Morgan fingerprint density at radius 1 is 0.969 bits per heavy atom. The summed E-state index contributed by atoms with van der Waals surface area (Å²) in [5.74, 6) is -1.28. The fraction of sp³-hybridized carbons (Fsp3) is 0.136. The van der Waals surface area contributed by atoms with Crippen LogP contribution < -0.4 is 5.32 Å². The Kier molecular flexibility index (Phi) is 4.83. The van der Waals surface area contributed by atoms with Crippen molar-refractivity contribution in [3.63, 3.8) is 0 Å². The molecule has 10 heteroatoms. The minimum atomic E-state index is -4.65. The van der Waals surface area contributed by atoms with Crippen molar-refractivity contribution in [3.05, 3.63) is 70.8 Å². The van der Waals surface area contributed by atoms with E-state index < -0.39 is 29.4 Å². The number of phenolic OH excluding ortho intramolecular Hbond substituents is 1. The van der Waals surface area contributed by atoms with Gasteiger partial charge in [0.05, 0.1) is 16.7 Å². The van der Waals surface area contributed by atoms with Crippen molar-refractivity contribution in [2.45, 2.75) is 19.3 Å². The van der Waals surface area contributed by atoms with E-state index in [9.17, 15) is 36.2 Å². The molecule has 2 aromatic carbocycles. The zero-order chi connectivity index (χ0) is 23.4. The van der Waals surface area contributed by atoms with Crippen LogP contribution in [0.15, 0.2) is 52.9 Å². The van der Waals surface area contributed by atoms with Crippen LogP contribution in [0.2, 0.25) is 0 Å². The molecule has 4 aromatic rings. The molecule has 2 heterocycles. The molecule has 166 valence electrons. The normalized spacial score (nSPS) is 12.5. The highest BCUT2D eigenvalue weighted by molar-refractivity contribution is 6.17. The van der Waals surface area contributed by atoms with Gasteiger partial charge >= 0.3 is 12.4 Å². The predicted octanol–water partition coefficient (Wildman–Crippen LogP) is 6.84. The number of carbonyl (C=O) groups is 1. The minimum Gasteiger partial charge on any atom is -0.504 e. The molecule has 2 N–H and O–H groups in total. The van der Waals surface area contributed by atoms with Gasteiger partial charge in [0.15, 0.2) is 11.3 Å². The summed E-state index contributed by atoms with van der Waals surface area (Å²) in [6, 6.07) is 8.40. The van der Waals surface area contributed by atoms with Gasteiger partial charge in [-0.1, -0.05) is 18.2 Å². The van der Waals surface area contributed by atoms with Crippen LogP contribution >= 0.6 is 0 Å². The molecule has 32 heavy (non-hydrogen) atoms. The van der Waals surface area contributed by atoms with Crippen molar-refractivity contribution >= 4 is 22.8 Å². The van der Waals surface area contributed by atoms with E-state index in [4.69, 9.17) is 4.42 Å². The summed E-state index contributed by atoms with van der Waals surface area (Å²) in [6.07, 6.45) is -9.29. The molecule has 4 rings (SSSR count). The number of aromatic hydroxyl groups is 1. The lowest BCUT2D eigenvalue weighted by Crippen LogP contribution is -2.15. The van der Waals surface area contributed by atoms with Crippen LogP contribution in [0.5, 0.6) is 5.75 Å². The van der Waals surface area contributed by atoms with Gasteiger partial charge in [0.25, 0.3) is 5.91 Å². The van der Waals surface area contributed by atoms with Crippen LogP contribution in [0.25, 0.3) is 22.3 Å². The Morgan fingerprint density at radius 3 is 2.34 bits per heavy atom. The van der Waals surface area contributed by atoms with Gasteiger partial charge in [-0.25, -0.2) is 0 Å². The number of hydrogen-bond donors (Lipinski definition) is 2. The number of aryl methyl sites for hydroxylation is 1. The van der Waals surface area contributed by atoms with Gasteiger partial charge in [-0.05, 0) is 42.3 Å². The number of anilines is 1. The lowest BCUT2D eigenvalue weighted by molar-refractivity contribution is -0.138. The first kappa shape index (κ1) is 21.5. The molecule has 2 bridgehead atoms. The number of phenols is 1. The van der Waals surface area contributed by atoms with Crippen molar-refractivity contribution in [2.24, 2.45) is 0 Å². The van der Waals surface area contributed by atoms with Gasteiger partial charge < -0.3 is 14.8 Å². The third-order valence-electron chi connectivity index (χ3n) is 4.94. The predicted molar refractivity (Wildman–Crippen MR) is 104 cm³/mol. The van der Waals surface area contributed by atoms with Crippen molar-refractivity contribution in [3.8, 4) is 16.9 Å². The Morgan fingerprint density at radius 2 is 1.69 bits per heavy atom. The highest BCUT2D eigenvalue weighted by atomic mass is 19.4. The highest BCUT2D eigenvalue weighted by Gasteiger charge is 2.34. The number of carbonyl (C=O) groups excluding carboxylic acids is 1. The summed E-state index contributed by atoms with van der Waals surface area (Å²) >= 11 is 0.